The molecule has 0 radical (unpaired) electrons. The number of furan rings is 1. The van der Waals surface area contributed by atoms with Gasteiger partial charge in [0.15, 0.2) is 5.76 Å². The van der Waals surface area contributed by atoms with Crippen LogP contribution in [0.1, 0.15) is 59.1 Å². The van der Waals surface area contributed by atoms with Crippen LogP contribution in [-0.4, -0.2) is 40.2 Å². The topological polar surface area (TPSA) is 105 Å². The molecule has 1 aliphatic rings. The van der Waals surface area contributed by atoms with Crippen molar-refractivity contribution in [1.82, 2.24) is 20.5 Å². The first-order chi connectivity index (χ1) is 16.6. The maximum Gasteiger partial charge on any atom is 0.287 e. The maximum absolute atomic E-state index is 13.6. The second-order valence-electron chi connectivity index (χ2n) is 8.29. The van der Waals surface area contributed by atoms with Gasteiger partial charge >= 0.3 is 0 Å². The number of nitrogens with one attached hydrogen (secondary N) is 2. The zero-order valence-electron chi connectivity index (χ0n) is 18.8. The van der Waals surface area contributed by atoms with Crippen LogP contribution in [0.25, 0.3) is 0 Å². The lowest BCUT2D eigenvalue weighted by molar-refractivity contribution is -0.141. The monoisotopic (exact) mass is 480 g/mol. The molecule has 3 aromatic rings. The number of hydrogen-bond acceptors (Lipinski definition) is 6. The Balaban J connectivity index is 1.58. The Morgan fingerprint density at radius 3 is 2.56 bits per heavy atom. The highest BCUT2D eigenvalue weighted by Crippen LogP contribution is 2.26. The van der Waals surface area contributed by atoms with Gasteiger partial charge in [-0.3, -0.25) is 19.4 Å². The quantitative estimate of drug-likeness (QED) is 0.486. The van der Waals surface area contributed by atoms with Crippen molar-refractivity contribution in [2.45, 2.75) is 50.7 Å². The van der Waals surface area contributed by atoms with Gasteiger partial charge in [0, 0.05) is 23.3 Å². The molecule has 3 amide bonds. The third kappa shape index (κ3) is 6.11. The van der Waals surface area contributed by atoms with Crippen molar-refractivity contribution in [2.24, 2.45) is 0 Å². The van der Waals surface area contributed by atoms with Crippen LogP contribution < -0.4 is 10.6 Å². The lowest BCUT2D eigenvalue weighted by Gasteiger charge is -2.33. The third-order valence-electron chi connectivity index (χ3n) is 5.91. The van der Waals surface area contributed by atoms with E-state index < -0.39 is 11.9 Å². The minimum atomic E-state index is -0.847. The number of hydrogen-bond donors (Lipinski definition) is 2. The van der Waals surface area contributed by atoms with Crippen LogP contribution in [0.5, 0.6) is 0 Å². The molecule has 0 aliphatic heterocycles. The molecule has 0 saturated heterocycles. The maximum atomic E-state index is 13.6. The number of thiophene rings is 1. The Labute approximate surface area is 202 Å². The molecule has 1 fully saturated rings. The fraction of sp³-hybridized carbons (Fsp3) is 0.360. The van der Waals surface area contributed by atoms with Gasteiger partial charge in [-0.15, -0.1) is 11.3 Å². The number of rotatable bonds is 9. The number of amides is 3. The molecular weight excluding hydrogens is 452 g/mol. The van der Waals surface area contributed by atoms with Crippen molar-refractivity contribution in [3.63, 3.8) is 0 Å². The van der Waals surface area contributed by atoms with E-state index in [1.807, 2.05) is 17.5 Å². The van der Waals surface area contributed by atoms with E-state index in [9.17, 15) is 14.4 Å². The van der Waals surface area contributed by atoms with Crippen LogP contribution in [0.15, 0.2) is 64.9 Å². The third-order valence-corrected chi connectivity index (χ3v) is 6.77. The highest BCUT2D eigenvalue weighted by atomic mass is 32.1. The Kier molecular flexibility index (Phi) is 8.08. The smallest absolute Gasteiger partial charge is 0.287 e. The minimum Gasteiger partial charge on any atom is -0.459 e. The molecular formula is C25H28N4O4S. The van der Waals surface area contributed by atoms with Crippen molar-refractivity contribution in [3.8, 4) is 0 Å². The van der Waals surface area contributed by atoms with Crippen LogP contribution >= 0.6 is 11.3 Å². The van der Waals surface area contributed by atoms with Gasteiger partial charge in [-0.1, -0.05) is 25.3 Å². The molecule has 8 nitrogen and oxygen atoms in total. The lowest BCUT2D eigenvalue weighted by atomic mass is 9.94. The summed E-state index contributed by atoms with van der Waals surface area (Å²) in [5.41, 5.74) is 0.672. The predicted molar refractivity (Wildman–Crippen MR) is 128 cm³/mol. The van der Waals surface area contributed by atoms with Gasteiger partial charge in [-0.25, -0.2) is 0 Å². The molecule has 2 N–H and O–H groups in total. The summed E-state index contributed by atoms with van der Waals surface area (Å²) in [4.78, 5) is 45.9. The normalized spacial score (nSPS) is 14.8. The van der Waals surface area contributed by atoms with Crippen LogP contribution in [-0.2, 0) is 16.1 Å². The SMILES string of the molecule is O=C(NCC(=O)N(Cc1cccs1)[C@H](C(=O)NC1CCCCC1)c1ccncc1)c1ccco1. The molecule has 0 bridgehead atoms. The molecule has 3 heterocycles. The second-order valence-corrected chi connectivity index (χ2v) is 9.32. The van der Waals surface area contributed by atoms with Crippen molar-refractivity contribution in [1.29, 1.82) is 0 Å². The van der Waals surface area contributed by atoms with Gasteiger partial charge in [0.1, 0.15) is 6.04 Å². The first-order valence-corrected chi connectivity index (χ1v) is 12.3. The fourth-order valence-electron chi connectivity index (χ4n) is 4.19. The minimum absolute atomic E-state index is 0.0999. The average Bonchev–Trinajstić information content (AvgIpc) is 3.58. The van der Waals surface area contributed by atoms with E-state index >= 15 is 0 Å². The summed E-state index contributed by atoms with van der Waals surface area (Å²) in [5.74, 6) is -0.950. The fourth-order valence-corrected chi connectivity index (χ4v) is 4.89. The molecule has 178 valence electrons. The summed E-state index contributed by atoms with van der Waals surface area (Å²) in [6, 6.07) is 9.72. The van der Waals surface area contributed by atoms with Gasteiger partial charge < -0.3 is 20.0 Å². The number of aromatic nitrogens is 1. The number of carbonyl (C=O) groups is 3. The Morgan fingerprint density at radius 2 is 1.88 bits per heavy atom. The van der Waals surface area contributed by atoms with Gasteiger partial charge in [0.2, 0.25) is 11.8 Å². The molecule has 0 aromatic carbocycles. The number of nitrogens with zero attached hydrogens (tertiary/aromatic N) is 2. The summed E-state index contributed by atoms with van der Waals surface area (Å²) in [6.07, 6.45) is 9.85. The highest BCUT2D eigenvalue weighted by Gasteiger charge is 2.33. The highest BCUT2D eigenvalue weighted by molar-refractivity contribution is 7.09. The van der Waals surface area contributed by atoms with Crippen molar-refractivity contribution < 1.29 is 18.8 Å². The summed E-state index contributed by atoms with van der Waals surface area (Å²) in [5, 5.41) is 7.71. The molecule has 1 saturated carbocycles. The Bertz CT molecular complexity index is 1060. The molecule has 1 aliphatic carbocycles. The lowest BCUT2D eigenvalue weighted by Crippen LogP contribution is -2.49. The van der Waals surface area contributed by atoms with Crippen LogP contribution in [0.4, 0.5) is 0 Å². The molecule has 3 aromatic heterocycles. The average molecular weight is 481 g/mol. The standard InChI is InChI=1S/C25H28N4O4S/c30-22(16-27-24(31)21-9-4-14-33-21)29(17-20-8-5-15-34-20)23(18-10-12-26-13-11-18)25(32)28-19-6-2-1-3-7-19/h4-5,8-15,19,23H,1-3,6-7,16-17H2,(H,27,31)(H,28,32)/t23-/m0/s1. The molecule has 0 spiro atoms. The predicted octanol–water partition coefficient (Wildman–Crippen LogP) is 3.68. The van der Waals surface area contributed by atoms with Crippen LogP contribution in [0.2, 0.25) is 0 Å². The summed E-state index contributed by atoms with van der Waals surface area (Å²) < 4.78 is 5.11. The van der Waals surface area contributed by atoms with E-state index in [1.54, 1.807) is 30.6 Å². The van der Waals surface area contributed by atoms with E-state index in [0.29, 0.717) is 5.56 Å². The van der Waals surface area contributed by atoms with E-state index in [-0.39, 0.29) is 36.7 Å². The molecule has 0 unspecified atom stereocenters. The van der Waals surface area contributed by atoms with E-state index in [1.165, 1.54) is 35.0 Å². The summed E-state index contributed by atoms with van der Waals surface area (Å²) >= 11 is 1.51. The zero-order chi connectivity index (χ0) is 23.8. The second kappa shape index (κ2) is 11.6. The first-order valence-electron chi connectivity index (χ1n) is 11.5. The summed E-state index contributed by atoms with van der Waals surface area (Å²) in [7, 11) is 0. The van der Waals surface area contributed by atoms with Gasteiger partial charge in [-0.05, 0) is 54.1 Å². The van der Waals surface area contributed by atoms with Crippen LogP contribution in [0.3, 0.4) is 0 Å². The van der Waals surface area contributed by atoms with E-state index in [4.69, 9.17) is 4.42 Å². The summed E-state index contributed by atoms with van der Waals surface area (Å²) in [6.45, 7) is -0.0125. The number of pyridine rings is 1. The molecule has 1 atom stereocenters. The van der Waals surface area contributed by atoms with Crippen molar-refractivity contribution in [2.75, 3.05) is 6.54 Å². The largest absolute Gasteiger partial charge is 0.459 e. The Hall–Kier alpha value is -3.46. The van der Waals surface area contributed by atoms with Gasteiger partial charge in [0.25, 0.3) is 5.91 Å². The zero-order valence-corrected chi connectivity index (χ0v) is 19.6. The van der Waals surface area contributed by atoms with Crippen LogP contribution in [0, 0.1) is 0 Å². The van der Waals surface area contributed by atoms with Gasteiger partial charge in [0.05, 0.1) is 19.4 Å². The first kappa shape index (κ1) is 23.7. The van der Waals surface area contributed by atoms with Crippen molar-refractivity contribution in [3.05, 3.63) is 76.6 Å². The van der Waals surface area contributed by atoms with E-state index in [2.05, 4.69) is 15.6 Å². The number of carbonyl (C=O) groups excluding carboxylic acids is 3. The molecule has 9 heteroatoms. The van der Waals surface area contributed by atoms with E-state index in [0.717, 1.165) is 30.6 Å². The molecule has 4 rings (SSSR count). The molecule has 34 heavy (non-hydrogen) atoms. The van der Waals surface area contributed by atoms with Gasteiger partial charge in [-0.2, -0.15) is 0 Å². The van der Waals surface area contributed by atoms with Crippen molar-refractivity contribution >= 4 is 29.1 Å². The Morgan fingerprint density at radius 1 is 1.09 bits per heavy atom.